The van der Waals surface area contributed by atoms with E-state index in [-0.39, 0.29) is 5.56 Å². The number of rotatable bonds is 2. The minimum absolute atomic E-state index is 0.144. The second-order valence-electron chi connectivity index (χ2n) is 4.44. The number of aryl methyl sites for hydroxylation is 1. The summed E-state index contributed by atoms with van der Waals surface area (Å²) in [6, 6.07) is 8.30. The van der Waals surface area contributed by atoms with Crippen LogP contribution in [-0.2, 0) is 18.1 Å². The van der Waals surface area contributed by atoms with Crippen LogP contribution in [0.4, 0.5) is 0 Å². The quantitative estimate of drug-likeness (QED) is 0.882. The van der Waals surface area contributed by atoms with Crippen molar-refractivity contribution < 1.29 is 0 Å². The Labute approximate surface area is 104 Å². The van der Waals surface area contributed by atoms with Gasteiger partial charge >= 0.3 is 0 Å². The predicted molar refractivity (Wildman–Crippen MR) is 70.3 cm³/mol. The lowest BCUT2D eigenvalue weighted by atomic mass is 10.1. The van der Waals surface area contributed by atoms with Gasteiger partial charge in [-0.1, -0.05) is 29.8 Å². The Balaban J connectivity index is 1.91. The van der Waals surface area contributed by atoms with Gasteiger partial charge in [-0.2, -0.15) is 11.8 Å². The highest BCUT2D eigenvalue weighted by Crippen LogP contribution is 2.25. The van der Waals surface area contributed by atoms with Crippen LogP contribution in [0.3, 0.4) is 0 Å². The van der Waals surface area contributed by atoms with Gasteiger partial charge in [-0.15, -0.1) is 0 Å². The molecule has 1 aliphatic heterocycles. The lowest BCUT2D eigenvalue weighted by Crippen LogP contribution is -2.19. The van der Waals surface area contributed by atoms with E-state index >= 15 is 0 Å². The number of nitrogens with zero attached hydrogens (tertiary/aromatic N) is 1. The summed E-state index contributed by atoms with van der Waals surface area (Å²) in [7, 11) is 0. The van der Waals surface area contributed by atoms with E-state index < -0.39 is 0 Å². The number of nitrogens with one attached hydrogen (secondary N) is 1. The maximum atomic E-state index is 12.1. The molecule has 3 nitrogen and oxygen atoms in total. The van der Waals surface area contributed by atoms with Crippen molar-refractivity contribution in [2.24, 2.45) is 0 Å². The zero-order valence-corrected chi connectivity index (χ0v) is 10.5. The van der Waals surface area contributed by atoms with Crippen LogP contribution in [0.1, 0.15) is 22.4 Å². The molecule has 0 saturated heterocycles. The fourth-order valence-corrected chi connectivity index (χ4v) is 3.13. The number of hydrogen-bond donors (Lipinski definition) is 1. The predicted octanol–water partition coefficient (Wildman–Crippen LogP) is 2.28. The lowest BCUT2D eigenvalue weighted by molar-refractivity contribution is 0.655. The van der Waals surface area contributed by atoms with Crippen LogP contribution in [0.15, 0.2) is 29.1 Å². The van der Waals surface area contributed by atoms with E-state index in [9.17, 15) is 4.79 Å². The topological polar surface area (TPSA) is 37.8 Å². The van der Waals surface area contributed by atoms with Gasteiger partial charge in [-0.3, -0.25) is 9.89 Å². The third kappa shape index (κ3) is 1.93. The SMILES string of the molecule is Cc1ccc(Cn2[nH]c3c(c2=O)CSC3)cc1. The summed E-state index contributed by atoms with van der Waals surface area (Å²) in [6.45, 7) is 2.70. The Morgan fingerprint density at radius 3 is 2.76 bits per heavy atom. The number of aromatic nitrogens is 2. The van der Waals surface area contributed by atoms with E-state index in [4.69, 9.17) is 0 Å². The molecular formula is C13H14N2OS. The molecule has 2 aromatic rings. The van der Waals surface area contributed by atoms with E-state index in [0.717, 1.165) is 28.3 Å². The molecule has 88 valence electrons. The zero-order valence-electron chi connectivity index (χ0n) is 9.69. The Hall–Kier alpha value is -1.42. The van der Waals surface area contributed by atoms with Gasteiger partial charge in [0, 0.05) is 11.5 Å². The van der Waals surface area contributed by atoms with Gasteiger partial charge in [-0.05, 0) is 12.5 Å². The van der Waals surface area contributed by atoms with E-state index in [2.05, 4.69) is 36.3 Å². The molecule has 4 heteroatoms. The van der Waals surface area contributed by atoms with Crippen molar-refractivity contribution in [2.75, 3.05) is 0 Å². The number of H-pyrrole nitrogens is 1. The smallest absolute Gasteiger partial charge is 0.271 e. The molecule has 0 spiro atoms. The first kappa shape index (κ1) is 10.7. The minimum Gasteiger partial charge on any atom is -0.298 e. The largest absolute Gasteiger partial charge is 0.298 e. The number of benzene rings is 1. The third-order valence-corrected chi connectivity index (χ3v) is 4.08. The van der Waals surface area contributed by atoms with Gasteiger partial charge in [0.25, 0.3) is 5.56 Å². The monoisotopic (exact) mass is 246 g/mol. The van der Waals surface area contributed by atoms with Crippen molar-refractivity contribution in [3.8, 4) is 0 Å². The number of hydrogen-bond acceptors (Lipinski definition) is 2. The van der Waals surface area contributed by atoms with Crippen LogP contribution in [0, 0.1) is 6.92 Å². The average Bonchev–Trinajstić information content (AvgIpc) is 2.87. The van der Waals surface area contributed by atoms with Crippen LogP contribution < -0.4 is 5.56 Å². The van der Waals surface area contributed by atoms with Gasteiger partial charge in [0.05, 0.1) is 17.8 Å². The summed E-state index contributed by atoms with van der Waals surface area (Å²) in [5, 5.41) is 3.21. The molecule has 3 rings (SSSR count). The van der Waals surface area contributed by atoms with Crippen molar-refractivity contribution in [3.05, 3.63) is 57.0 Å². The average molecular weight is 246 g/mol. The van der Waals surface area contributed by atoms with E-state index in [1.807, 2.05) is 0 Å². The van der Waals surface area contributed by atoms with Gasteiger partial charge in [-0.25, -0.2) is 4.68 Å². The normalized spacial score (nSPS) is 13.9. The summed E-state index contributed by atoms with van der Waals surface area (Å²) in [5.41, 5.74) is 4.61. The van der Waals surface area contributed by atoms with Gasteiger partial charge in [0.1, 0.15) is 0 Å². The first-order valence-corrected chi connectivity index (χ1v) is 6.83. The molecule has 0 saturated carbocycles. The Morgan fingerprint density at radius 1 is 1.29 bits per heavy atom. The van der Waals surface area contributed by atoms with Crippen molar-refractivity contribution in [1.29, 1.82) is 0 Å². The molecule has 0 bridgehead atoms. The fourth-order valence-electron chi connectivity index (χ4n) is 2.08. The van der Waals surface area contributed by atoms with Crippen molar-refractivity contribution in [2.45, 2.75) is 25.0 Å². The van der Waals surface area contributed by atoms with Crippen LogP contribution >= 0.6 is 11.8 Å². The highest BCUT2D eigenvalue weighted by Gasteiger charge is 2.19. The van der Waals surface area contributed by atoms with E-state index in [1.54, 1.807) is 16.4 Å². The number of thioether (sulfide) groups is 1. The molecule has 0 amide bonds. The van der Waals surface area contributed by atoms with Crippen LogP contribution in [0.25, 0.3) is 0 Å². The van der Waals surface area contributed by atoms with Crippen molar-refractivity contribution in [3.63, 3.8) is 0 Å². The maximum Gasteiger partial charge on any atom is 0.271 e. The second-order valence-corrected chi connectivity index (χ2v) is 5.42. The molecular weight excluding hydrogens is 232 g/mol. The van der Waals surface area contributed by atoms with Crippen molar-refractivity contribution in [1.82, 2.24) is 9.78 Å². The molecule has 0 unspecified atom stereocenters. The van der Waals surface area contributed by atoms with Gasteiger partial charge in [0.2, 0.25) is 0 Å². The van der Waals surface area contributed by atoms with Crippen LogP contribution in [-0.4, -0.2) is 9.78 Å². The Kier molecular flexibility index (Phi) is 2.59. The molecule has 1 aromatic heterocycles. The van der Waals surface area contributed by atoms with Crippen molar-refractivity contribution >= 4 is 11.8 Å². The molecule has 1 N–H and O–H groups in total. The molecule has 17 heavy (non-hydrogen) atoms. The lowest BCUT2D eigenvalue weighted by Gasteiger charge is -2.03. The molecule has 1 aromatic carbocycles. The second kappa shape index (κ2) is 4.11. The molecule has 0 aliphatic carbocycles. The minimum atomic E-state index is 0.144. The highest BCUT2D eigenvalue weighted by molar-refractivity contribution is 7.98. The summed E-state index contributed by atoms with van der Waals surface area (Å²) in [5.74, 6) is 1.79. The highest BCUT2D eigenvalue weighted by atomic mass is 32.2. The van der Waals surface area contributed by atoms with Gasteiger partial charge in [0.15, 0.2) is 0 Å². The molecule has 0 fully saturated rings. The first-order valence-electron chi connectivity index (χ1n) is 5.68. The van der Waals surface area contributed by atoms with E-state index in [0.29, 0.717) is 6.54 Å². The first-order chi connectivity index (χ1) is 8.24. The molecule has 0 atom stereocenters. The summed E-state index contributed by atoms with van der Waals surface area (Å²) in [4.78, 5) is 12.1. The molecule has 1 aliphatic rings. The Morgan fingerprint density at radius 2 is 2.06 bits per heavy atom. The summed E-state index contributed by atoms with van der Waals surface area (Å²) in [6.07, 6.45) is 0. The third-order valence-electron chi connectivity index (χ3n) is 3.09. The van der Waals surface area contributed by atoms with Gasteiger partial charge < -0.3 is 0 Å². The standard InChI is InChI=1S/C13H14N2OS/c1-9-2-4-10(5-3-9)6-15-13(16)11-7-17-8-12(11)14-15/h2-5,14H,6-8H2,1H3. The van der Waals surface area contributed by atoms with Crippen LogP contribution in [0.5, 0.6) is 0 Å². The van der Waals surface area contributed by atoms with Crippen LogP contribution in [0.2, 0.25) is 0 Å². The number of fused-ring (bicyclic) bond motifs is 1. The summed E-state index contributed by atoms with van der Waals surface area (Å²) < 4.78 is 1.72. The molecule has 2 heterocycles. The fraction of sp³-hybridized carbons (Fsp3) is 0.308. The number of aromatic amines is 1. The maximum absolute atomic E-state index is 12.1. The Bertz CT molecular complexity index is 595. The summed E-state index contributed by atoms with van der Waals surface area (Å²) >= 11 is 1.80. The van der Waals surface area contributed by atoms with E-state index in [1.165, 1.54) is 5.56 Å². The zero-order chi connectivity index (χ0) is 11.8. The molecule has 0 radical (unpaired) electrons.